The Labute approximate surface area is 158 Å². The number of rotatable bonds is 6. The Morgan fingerprint density at radius 2 is 1.85 bits per heavy atom. The molecule has 6 nitrogen and oxygen atoms in total. The summed E-state index contributed by atoms with van der Waals surface area (Å²) in [6.45, 7) is 4.13. The van der Waals surface area contributed by atoms with Gasteiger partial charge in [-0.25, -0.2) is 9.97 Å². The average molecular weight is 362 g/mol. The smallest absolute Gasteiger partial charge is 0.261 e. The normalized spacial score (nSPS) is 10.5. The van der Waals surface area contributed by atoms with Gasteiger partial charge in [0.15, 0.2) is 0 Å². The lowest BCUT2D eigenvalue weighted by Gasteiger charge is -2.23. The summed E-state index contributed by atoms with van der Waals surface area (Å²) in [5.41, 5.74) is 2.89. The maximum absolute atomic E-state index is 13.2. The van der Waals surface area contributed by atoms with Crippen LogP contribution in [0.25, 0.3) is 0 Å². The van der Waals surface area contributed by atoms with E-state index >= 15 is 0 Å². The molecule has 2 heterocycles. The lowest BCUT2D eigenvalue weighted by Crippen LogP contribution is -2.34. The van der Waals surface area contributed by atoms with Crippen LogP contribution in [0.4, 0.5) is 5.69 Å². The van der Waals surface area contributed by atoms with Gasteiger partial charge < -0.3 is 9.64 Å². The van der Waals surface area contributed by atoms with Crippen molar-refractivity contribution in [3.05, 3.63) is 77.6 Å². The Bertz CT molecular complexity index is 911. The molecule has 0 aliphatic carbocycles. The second kappa shape index (κ2) is 8.40. The van der Waals surface area contributed by atoms with E-state index in [0.717, 1.165) is 17.1 Å². The second-order valence-electron chi connectivity index (χ2n) is 6.14. The molecular weight excluding hydrogens is 340 g/mol. The molecule has 3 aromatic rings. The van der Waals surface area contributed by atoms with E-state index in [2.05, 4.69) is 15.0 Å². The van der Waals surface area contributed by atoms with Gasteiger partial charge in [-0.2, -0.15) is 0 Å². The maximum Gasteiger partial charge on any atom is 0.261 e. The standard InChI is InChI=1S/C21H22N4O2/c1-15-20(14-23-16(2)24-15)21(26)25(13-11-17-6-4-5-12-22-17)18-7-9-19(27-3)10-8-18/h4-10,12,14H,11,13H2,1-3H3. The van der Waals surface area contributed by atoms with Crippen molar-refractivity contribution in [3.63, 3.8) is 0 Å². The maximum atomic E-state index is 13.2. The van der Waals surface area contributed by atoms with Gasteiger partial charge in [-0.1, -0.05) is 6.07 Å². The lowest BCUT2D eigenvalue weighted by atomic mass is 10.1. The van der Waals surface area contributed by atoms with Crippen LogP contribution < -0.4 is 9.64 Å². The molecule has 0 spiro atoms. The molecule has 2 aromatic heterocycles. The Kier molecular flexibility index (Phi) is 5.76. The summed E-state index contributed by atoms with van der Waals surface area (Å²) in [7, 11) is 1.62. The monoisotopic (exact) mass is 362 g/mol. The van der Waals surface area contributed by atoms with Gasteiger partial charge in [0.2, 0.25) is 0 Å². The molecule has 0 saturated heterocycles. The number of amides is 1. The van der Waals surface area contributed by atoms with E-state index in [-0.39, 0.29) is 5.91 Å². The summed E-state index contributed by atoms with van der Waals surface area (Å²) in [5.74, 6) is 1.26. The SMILES string of the molecule is COc1ccc(N(CCc2ccccn2)C(=O)c2cnc(C)nc2C)cc1. The summed E-state index contributed by atoms with van der Waals surface area (Å²) >= 11 is 0. The van der Waals surface area contributed by atoms with Gasteiger partial charge in [0, 0.05) is 36.7 Å². The van der Waals surface area contributed by atoms with Crippen LogP contribution in [0.5, 0.6) is 5.75 Å². The van der Waals surface area contributed by atoms with Gasteiger partial charge in [-0.3, -0.25) is 9.78 Å². The zero-order chi connectivity index (χ0) is 19.2. The highest BCUT2D eigenvalue weighted by atomic mass is 16.5. The van der Waals surface area contributed by atoms with Gasteiger partial charge in [0.25, 0.3) is 5.91 Å². The van der Waals surface area contributed by atoms with Crippen molar-refractivity contribution in [1.82, 2.24) is 15.0 Å². The van der Waals surface area contributed by atoms with E-state index in [0.29, 0.717) is 30.0 Å². The van der Waals surface area contributed by atoms with Crippen molar-refractivity contribution in [1.29, 1.82) is 0 Å². The van der Waals surface area contributed by atoms with Crippen molar-refractivity contribution in [2.24, 2.45) is 0 Å². The number of hydrogen-bond donors (Lipinski definition) is 0. The number of methoxy groups -OCH3 is 1. The number of ether oxygens (including phenoxy) is 1. The minimum Gasteiger partial charge on any atom is -0.497 e. The van der Waals surface area contributed by atoms with Crippen LogP contribution in [0, 0.1) is 13.8 Å². The number of carbonyl (C=O) groups excluding carboxylic acids is 1. The molecule has 0 fully saturated rings. The number of aryl methyl sites for hydroxylation is 2. The predicted molar refractivity (Wildman–Crippen MR) is 104 cm³/mol. The van der Waals surface area contributed by atoms with Gasteiger partial charge >= 0.3 is 0 Å². The highest BCUT2D eigenvalue weighted by molar-refractivity contribution is 6.06. The van der Waals surface area contributed by atoms with Crippen LogP contribution in [0.2, 0.25) is 0 Å². The first-order chi connectivity index (χ1) is 13.1. The predicted octanol–water partition coefficient (Wildman–Crippen LogP) is 3.39. The first-order valence-electron chi connectivity index (χ1n) is 8.74. The Balaban J connectivity index is 1.91. The Morgan fingerprint density at radius 3 is 2.48 bits per heavy atom. The number of aromatic nitrogens is 3. The molecule has 0 bridgehead atoms. The average Bonchev–Trinajstić information content (AvgIpc) is 2.69. The molecule has 6 heteroatoms. The van der Waals surface area contributed by atoms with Gasteiger partial charge in [0.1, 0.15) is 11.6 Å². The summed E-state index contributed by atoms with van der Waals surface area (Å²) < 4.78 is 5.22. The van der Waals surface area contributed by atoms with E-state index in [1.54, 1.807) is 24.4 Å². The summed E-state index contributed by atoms with van der Waals surface area (Å²) in [6, 6.07) is 13.2. The molecule has 0 N–H and O–H groups in total. The van der Waals surface area contributed by atoms with E-state index < -0.39 is 0 Å². The van der Waals surface area contributed by atoms with E-state index in [1.807, 2.05) is 56.3 Å². The fourth-order valence-corrected chi connectivity index (χ4v) is 2.82. The number of nitrogens with zero attached hydrogens (tertiary/aromatic N) is 4. The molecule has 0 saturated carbocycles. The molecule has 0 aliphatic heterocycles. The Morgan fingerprint density at radius 1 is 1.07 bits per heavy atom. The van der Waals surface area contributed by atoms with Crippen LogP contribution in [0.15, 0.2) is 54.9 Å². The Hall–Kier alpha value is -3.28. The quantitative estimate of drug-likeness (QED) is 0.672. The first-order valence-corrected chi connectivity index (χ1v) is 8.74. The zero-order valence-corrected chi connectivity index (χ0v) is 15.7. The number of benzene rings is 1. The number of carbonyl (C=O) groups is 1. The first kappa shape index (κ1) is 18.5. The third kappa shape index (κ3) is 4.47. The largest absolute Gasteiger partial charge is 0.497 e. The van der Waals surface area contributed by atoms with E-state index in [4.69, 9.17) is 4.74 Å². The summed E-state index contributed by atoms with van der Waals surface area (Å²) in [5, 5.41) is 0. The molecule has 27 heavy (non-hydrogen) atoms. The second-order valence-corrected chi connectivity index (χ2v) is 6.14. The third-order valence-corrected chi connectivity index (χ3v) is 4.28. The molecule has 0 atom stereocenters. The van der Waals surface area contributed by atoms with Crippen LogP contribution in [0.1, 0.15) is 27.6 Å². The molecule has 0 radical (unpaired) electrons. The van der Waals surface area contributed by atoms with Gasteiger partial charge in [-0.05, 0) is 50.2 Å². The minimum atomic E-state index is -0.131. The number of pyridine rings is 1. The molecule has 138 valence electrons. The van der Waals surface area contributed by atoms with Gasteiger partial charge in [0.05, 0.1) is 18.4 Å². The fraction of sp³-hybridized carbons (Fsp3) is 0.238. The molecule has 3 rings (SSSR count). The molecule has 0 unspecified atom stereocenters. The van der Waals surface area contributed by atoms with Gasteiger partial charge in [-0.15, -0.1) is 0 Å². The van der Waals surface area contributed by atoms with Crippen LogP contribution in [-0.2, 0) is 6.42 Å². The zero-order valence-electron chi connectivity index (χ0n) is 15.7. The van der Waals surface area contributed by atoms with Crippen molar-refractivity contribution >= 4 is 11.6 Å². The third-order valence-electron chi connectivity index (χ3n) is 4.28. The summed E-state index contributed by atoms with van der Waals surface area (Å²) in [6.07, 6.45) is 3.99. The topological polar surface area (TPSA) is 68.2 Å². The van der Waals surface area contributed by atoms with E-state index in [1.165, 1.54) is 0 Å². The fourth-order valence-electron chi connectivity index (χ4n) is 2.82. The summed E-state index contributed by atoms with van der Waals surface area (Å²) in [4.78, 5) is 27.8. The minimum absolute atomic E-state index is 0.131. The molecule has 1 aromatic carbocycles. The van der Waals surface area contributed by atoms with Crippen LogP contribution in [-0.4, -0.2) is 34.5 Å². The number of hydrogen-bond acceptors (Lipinski definition) is 5. The highest BCUT2D eigenvalue weighted by Gasteiger charge is 2.21. The molecular formula is C21H22N4O2. The van der Waals surface area contributed by atoms with Crippen molar-refractivity contribution in [2.45, 2.75) is 20.3 Å². The van der Waals surface area contributed by atoms with Crippen molar-refractivity contribution in [3.8, 4) is 5.75 Å². The lowest BCUT2D eigenvalue weighted by molar-refractivity contribution is 0.0985. The van der Waals surface area contributed by atoms with Crippen molar-refractivity contribution in [2.75, 3.05) is 18.6 Å². The van der Waals surface area contributed by atoms with Crippen molar-refractivity contribution < 1.29 is 9.53 Å². The molecule has 1 amide bonds. The van der Waals surface area contributed by atoms with E-state index in [9.17, 15) is 4.79 Å². The van der Waals surface area contributed by atoms with Crippen LogP contribution in [0.3, 0.4) is 0 Å². The highest BCUT2D eigenvalue weighted by Crippen LogP contribution is 2.22. The number of anilines is 1. The molecule has 0 aliphatic rings. The van der Waals surface area contributed by atoms with Crippen LogP contribution >= 0.6 is 0 Å².